The molecule has 1 saturated heterocycles. The van der Waals surface area contributed by atoms with Crippen LogP contribution in [0.4, 0.5) is 0 Å². The molecule has 1 atom stereocenters. The number of carbonyl (C=O) groups excluding carboxylic acids is 1. The summed E-state index contributed by atoms with van der Waals surface area (Å²) in [6.45, 7) is 3.97. The molecular formula is C25H29N3O4S2. The molecule has 180 valence electrons. The van der Waals surface area contributed by atoms with Gasteiger partial charge in [0.25, 0.3) is 5.56 Å². The number of hydrogen-bond acceptors (Lipinski definition) is 6. The van der Waals surface area contributed by atoms with E-state index in [4.69, 9.17) is 0 Å². The molecule has 0 spiro atoms. The van der Waals surface area contributed by atoms with Gasteiger partial charge in [-0.15, -0.1) is 11.3 Å². The topological polar surface area (TPSA) is 89.3 Å². The first kappa shape index (κ1) is 23.2. The first-order valence-electron chi connectivity index (χ1n) is 11.8. The molecule has 5 rings (SSSR count). The van der Waals surface area contributed by atoms with E-state index < -0.39 is 9.84 Å². The van der Waals surface area contributed by atoms with Gasteiger partial charge in [0.1, 0.15) is 11.4 Å². The van der Waals surface area contributed by atoms with Gasteiger partial charge in [-0.1, -0.05) is 31.0 Å². The number of aryl methyl sites for hydroxylation is 2. The molecule has 0 radical (unpaired) electrons. The van der Waals surface area contributed by atoms with Crippen molar-refractivity contribution in [1.29, 1.82) is 0 Å². The molecule has 0 N–H and O–H groups in total. The van der Waals surface area contributed by atoms with Crippen molar-refractivity contribution in [1.82, 2.24) is 14.5 Å². The van der Waals surface area contributed by atoms with E-state index in [0.29, 0.717) is 16.6 Å². The highest BCUT2D eigenvalue weighted by Crippen LogP contribution is 2.32. The van der Waals surface area contributed by atoms with Gasteiger partial charge in [0.05, 0.1) is 23.2 Å². The molecule has 7 nitrogen and oxygen atoms in total. The average molecular weight is 500 g/mol. The molecule has 3 aromatic rings. The van der Waals surface area contributed by atoms with Gasteiger partial charge in [-0.25, -0.2) is 13.4 Å². The van der Waals surface area contributed by atoms with Crippen LogP contribution in [0.3, 0.4) is 0 Å². The van der Waals surface area contributed by atoms with Gasteiger partial charge in [0, 0.05) is 23.0 Å². The third kappa shape index (κ3) is 4.31. The van der Waals surface area contributed by atoms with Crippen molar-refractivity contribution in [3.63, 3.8) is 0 Å². The van der Waals surface area contributed by atoms with Crippen molar-refractivity contribution in [2.45, 2.75) is 64.6 Å². The van der Waals surface area contributed by atoms with Gasteiger partial charge in [-0.2, -0.15) is 0 Å². The van der Waals surface area contributed by atoms with Crippen molar-refractivity contribution < 1.29 is 13.2 Å². The average Bonchev–Trinajstić information content (AvgIpc) is 3.53. The predicted molar refractivity (Wildman–Crippen MR) is 135 cm³/mol. The van der Waals surface area contributed by atoms with Crippen LogP contribution in [-0.2, 0) is 21.2 Å². The summed E-state index contributed by atoms with van der Waals surface area (Å²) < 4.78 is 25.6. The fraction of sp³-hybridized carbons (Fsp3) is 0.480. The minimum absolute atomic E-state index is 0.0167. The third-order valence-corrected chi connectivity index (χ3v) is 9.93. The molecule has 2 aliphatic rings. The van der Waals surface area contributed by atoms with Gasteiger partial charge in [-0.3, -0.25) is 14.2 Å². The monoisotopic (exact) mass is 499 g/mol. The molecule has 1 saturated carbocycles. The zero-order valence-electron chi connectivity index (χ0n) is 19.5. The number of sulfone groups is 1. The summed E-state index contributed by atoms with van der Waals surface area (Å²) in [5.74, 6) is -0.0566. The molecule has 1 aliphatic carbocycles. The summed E-state index contributed by atoms with van der Waals surface area (Å²) in [6.07, 6.45) is 5.76. The number of fused-ring (bicyclic) bond motifs is 1. The van der Waals surface area contributed by atoms with E-state index in [-0.39, 0.29) is 41.6 Å². The van der Waals surface area contributed by atoms with E-state index >= 15 is 0 Å². The number of thiophene rings is 1. The zero-order valence-corrected chi connectivity index (χ0v) is 21.1. The highest BCUT2D eigenvalue weighted by molar-refractivity contribution is 7.91. The molecule has 34 heavy (non-hydrogen) atoms. The number of nitrogens with zero attached hydrogens (tertiary/aromatic N) is 3. The first-order valence-corrected chi connectivity index (χ1v) is 14.5. The highest BCUT2D eigenvalue weighted by atomic mass is 32.2. The second kappa shape index (κ2) is 8.92. The molecule has 1 amide bonds. The largest absolute Gasteiger partial charge is 0.334 e. The van der Waals surface area contributed by atoms with Gasteiger partial charge in [-0.05, 0) is 49.8 Å². The fourth-order valence-electron chi connectivity index (χ4n) is 5.31. The Bertz CT molecular complexity index is 1420. The lowest BCUT2D eigenvalue weighted by Crippen LogP contribution is -2.49. The number of hydrogen-bond donors (Lipinski definition) is 0. The molecule has 9 heteroatoms. The summed E-state index contributed by atoms with van der Waals surface area (Å²) in [6, 6.07) is 5.86. The molecule has 3 heterocycles. The number of benzene rings is 1. The van der Waals surface area contributed by atoms with Gasteiger partial charge < -0.3 is 4.90 Å². The Morgan fingerprint density at radius 1 is 1.15 bits per heavy atom. The van der Waals surface area contributed by atoms with Crippen LogP contribution in [-0.4, -0.2) is 52.4 Å². The van der Waals surface area contributed by atoms with Crippen LogP contribution in [0.2, 0.25) is 0 Å². The Balaban J connectivity index is 1.49. The minimum atomic E-state index is -3.12. The summed E-state index contributed by atoms with van der Waals surface area (Å²) in [5.41, 5.74) is 3.89. The maximum atomic E-state index is 13.5. The molecule has 2 fully saturated rings. The lowest BCUT2D eigenvalue weighted by molar-refractivity contribution is -0.136. The number of carbonyl (C=O) groups is 1. The molecule has 1 aliphatic heterocycles. The van der Waals surface area contributed by atoms with E-state index in [1.165, 1.54) is 27.8 Å². The second-order valence-electron chi connectivity index (χ2n) is 9.60. The van der Waals surface area contributed by atoms with E-state index in [2.05, 4.69) is 18.0 Å². The second-order valence-corrected chi connectivity index (χ2v) is 12.7. The van der Waals surface area contributed by atoms with Crippen molar-refractivity contribution >= 4 is 37.3 Å². The number of aromatic nitrogens is 2. The first-order chi connectivity index (χ1) is 16.2. The van der Waals surface area contributed by atoms with Crippen molar-refractivity contribution in [3.8, 4) is 11.1 Å². The summed E-state index contributed by atoms with van der Waals surface area (Å²) in [7, 11) is -3.12. The van der Waals surface area contributed by atoms with Crippen molar-refractivity contribution in [2.24, 2.45) is 0 Å². The number of amides is 1. The van der Waals surface area contributed by atoms with Crippen molar-refractivity contribution in [3.05, 3.63) is 51.4 Å². The normalized spacial score (nSPS) is 20.2. The maximum Gasteiger partial charge on any atom is 0.263 e. The van der Waals surface area contributed by atoms with Crippen LogP contribution in [0, 0.1) is 13.8 Å². The summed E-state index contributed by atoms with van der Waals surface area (Å²) >= 11 is 1.42. The fourth-order valence-corrected chi connectivity index (χ4v) is 7.93. The SMILES string of the molecule is Cc1ccc(-c2csc3ncn(CC(=O)N(C4CCCC4)[C@@H]4CCS(=O)(=O)C4)c(=O)c23)cc1C. The van der Waals surface area contributed by atoms with Crippen LogP contribution in [0.15, 0.2) is 34.7 Å². The van der Waals surface area contributed by atoms with Crippen LogP contribution in [0.1, 0.15) is 43.2 Å². The summed E-state index contributed by atoms with van der Waals surface area (Å²) in [4.78, 5) is 33.9. The smallest absolute Gasteiger partial charge is 0.263 e. The molecule has 2 aromatic heterocycles. The predicted octanol–water partition coefficient (Wildman–Crippen LogP) is 3.70. The standard InChI is InChI=1S/C25H29N3O4S2/c1-16-7-8-18(11-17(16)2)21-13-33-24-23(21)25(30)27(15-26-24)12-22(29)28(19-5-3-4-6-19)20-9-10-34(31,32)14-20/h7-8,11,13,15,19-20H,3-6,9-10,12,14H2,1-2H3/t20-/m1/s1. The highest BCUT2D eigenvalue weighted by Gasteiger charge is 2.39. The van der Waals surface area contributed by atoms with Gasteiger partial charge in [0.2, 0.25) is 5.91 Å². The molecule has 0 unspecified atom stereocenters. The zero-order chi connectivity index (χ0) is 24.0. The summed E-state index contributed by atoms with van der Waals surface area (Å²) in [5, 5.41) is 2.48. The van der Waals surface area contributed by atoms with Crippen LogP contribution in [0.25, 0.3) is 21.3 Å². The Morgan fingerprint density at radius 3 is 2.59 bits per heavy atom. The van der Waals surface area contributed by atoms with Gasteiger partial charge >= 0.3 is 0 Å². The Kier molecular flexibility index (Phi) is 6.10. The number of rotatable bonds is 5. The maximum absolute atomic E-state index is 13.5. The molecular weight excluding hydrogens is 470 g/mol. The molecule has 0 bridgehead atoms. The lowest BCUT2D eigenvalue weighted by atomic mass is 10.0. The van der Waals surface area contributed by atoms with Crippen LogP contribution >= 0.6 is 11.3 Å². The Hall–Kier alpha value is -2.52. The van der Waals surface area contributed by atoms with Crippen LogP contribution in [0.5, 0.6) is 0 Å². The third-order valence-electron chi connectivity index (χ3n) is 7.29. The minimum Gasteiger partial charge on any atom is -0.334 e. The Labute approximate surface area is 203 Å². The van der Waals surface area contributed by atoms with E-state index in [1.54, 1.807) is 4.90 Å². The Morgan fingerprint density at radius 2 is 1.91 bits per heavy atom. The van der Waals surface area contributed by atoms with Gasteiger partial charge in [0.15, 0.2) is 9.84 Å². The van der Waals surface area contributed by atoms with Crippen LogP contribution < -0.4 is 5.56 Å². The molecule has 1 aromatic carbocycles. The van der Waals surface area contributed by atoms with Crippen molar-refractivity contribution in [2.75, 3.05) is 11.5 Å². The van der Waals surface area contributed by atoms with E-state index in [9.17, 15) is 18.0 Å². The lowest BCUT2D eigenvalue weighted by Gasteiger charge is -2.34. The quantitative estimate of drug-likeness (QED) is 0.534. The van der Waals surface area contributed by atoms with E-state index in [0.717, 1.165) is 42.4 Å². The van der Waals surface area contributed by atoms with E-state index in [1.807, 2.05) is 24.4 Å².